The minimum Gasteiger partial charge on any atom is -0.272 e. The molecule has 0 spiro atoms. The van der Waals surface area contributed by atoms with Crippen LogP contribution in [0.3, 0.4) is 0 Å². The maximum absolute atomic E-state index is 12.3. The van der Waals surface area contributed by atoms with Crippen molar-refractivity contribution in [1.29, 1.82) is 0 Å². The van der Waals surface area contributed by atoms with E-state index in [9.17, 15) is 8.42 Å². The Labute approximate surface area is 162 Å². The topological polar surface area (TPSA) is 107 Å². The van der Waals surface area contributed by atoms with Crippen LogP contribution in [0.5, 0.6) is 0 Å². The van der Waals surface area contributed by atoms with Crippen molar-refractivity contribution < 1.29 is 8.42 Å². The highest BCUT2D eigenvalue weighted by Gasteiger charge is 2.16. The molecule has 10 heteroatoms. The van der Waals surface area contributed by atoms with Crippen molar-refractivity contribution in [3.63, 3.8) is 0 Å². The first-order valence-electron chi connectivity index (χ1n) is 8.83. The van der Waals surface area contributed by atoms with Crippen molar-refractivity contribution in [1.82, 2.24) is 34.1 Å². The molecule has 0 aliphatic heterocycles. The Hall–Kier alpha value is -3.11. The molecule has 0 unspecified atom stereocenters. The lowest BCUT2D eigenvalue weighted by Gasteiger charge is -2.02. The maximum atomic E-state index is 12.3. The van der Waals surface area contributed by atoms with Crippen LogP contribution in [0.4, 0.5) is 0 Å². The van der Waals surface area contributed by atoms with Gasteiger partial charge in [-0.25, -0.2) is 22.6 Å². The van der Waals surface area contributed by atoms with Crippen LogP contribution >= 0.6 is 0 Å². The molecule has 28 heavy (non-hydrogen) atoms. The molecule has 4 heterocycles. The first kappa shape index (κ1) is 18.3. The molecule has 0 bridgehead atoms. The molecule has 0 saturated heterocycles. The Morgan fingerprint density at radius 3 is 2.75 bits per heavy atom. The molecule has 144 valence electrons. The molecule has 0 aliphatic rings. The monoisotopic (exact) mass is 397 g/mol. The van der Waals surface area contributed by atoms with E-state index in [1.165, 1.54) is 12.4 Å². The molecule has 0 amide bonds. The number of rotatable bonds is 7. The van der Waals surface area contributed by atoms with Crippen LogP contribution in [0, 0.1) is 0 Å². The lowest BCUT2D eigenvalue weighted by molar-refractivity contribution is 0.580. The fraction of sp³-hybridized carbons (Fsp3) is 0.222. The minimum atomic E-state index is -3.58. The number of hydrogen-bond acceptors (Lipinski definition) is 6. The van der Waals surface area contributed by atoms with Gasteiger partial charge in [-0.1, -0.05) is 0 Å². The van der Waals surface area contributed by atoms with Gasteiger partial charge in [-0.05, 0) is 25.1 Å². The molecular formula is C18H19N7O2S. The highest BCUT2D eigenvalue weighted by molar-refractivity contribution is 7.89. The van der Waals surface area contributed by atoms with Gasteiger partial charge in [-0.2, -0.15) is 10.2 Å². The van der Waals surface area contributed by atoms with Gasteiger partial charge in [0.2, 0.25) is 10.0 Å². The molecule has 0 saturated carbocycles. The van der Waals surface area contributed by atoms with Gasteiger partial charge in [0, 0.05) is 55.9 Å². The summed E-state index contributed by atoms with van der Waals surface area (Å²) in [7, 11) is -3.58. The molecular weight excluding hydrogens is 378 g/mol. The van der Waals surface area contributed by atoms with Crippen LogP contribution in [0.25, 0.3) is 16.9 Å². The van der Waals surface area contributed by atoms with E-state index in [1.54, 1.807) is 21.6 Å². The van der Waals surface area contributed by atoms with Gasteiger partial charge in [-0.15, -0.1) is 0 Å². The molecule has 0 radical (unpaired) electrons. The zero-order valence-electron chi connectivity index (χ0n) is 15.2. The lowest BCUT2D eigenvalue weighted by atomic mass is 10.2. The van der Waals surface area contributed by atoms with E-state index in [0.717, 1.165) is 17.0 Å². The molecule has 4 aromatic heterocycles. The van der Waals surface area contributed by atoms with E-state index in [-0.39, 0.29) is 11.4 Å². The molecule has 0 aromatic carbocycles. The predicted octanol–water partition coefficient (Wildman–Crippen LogP) is 1.53. The predicted molar refractivity (Wildman–Crippen MR) is 103 cm³/mol. The Bertz CT molecular complexity index is 1200. The fourth-order valence-electron chi connectivity index (χ4n) is 2.79. The molecule has 0 fully saturated rings. The standard InChI is InChI=1S/C18H19N7O2S/c1-2-24-13-16(12-20-24)28(26,27)21-9-5-15-11-18-22-17(6-10-25(18)23-15)14-3-7-19-8-4-14/h3-4,6-8,10-13,21H,2,5,9H2,1H3. The van der Waals surface area contributed by atoms with Crippen LogP contribution in [0.1, 0.15) is 12.6 Å². The fourth-order valence-corrected chi connectivity index (χ4v) is 3.77. The molecule has 0 atom stereocenters. The van der Waals surface area contributed by atoms with Crippen LogP contribution in [-0.4, -0.2) is 44.3 Å². The number of hydrogen-bond donors (Lipinski definition) is 1. The van der Waals surface area contributed by atoms with Crippen LogP contribution in [-0.2, 0) is 23.0 Å². The highest BCUT2D eigenvalue weighted by atomic mass is 32.2. The number of aryl methyl sites for hydroxylation is 1. The second-order valence-electron chi connectivity index (χ2n) is 6.17. The summed E-state index contributed by atoms with van der Waals surface area (Å²) < 4.78 is 30.5. The number of fused-ring (bicyclic) bond motifs is 1. The maximum Gasteiger partial charge on any atom is 0.243 e. The quantitative estimate of drug-likeness (QED) is 0.507. The largest absolute Gasteiger partial charge is 0.272 e. The van der Waals surface area contributed by atoms with Crippen molar-refractivity contribution in [2.75, 3.05) is 6.54 Å². The van der Waals surface area contributed by atoms with Crippen LogP contribution < -0.4 is 4.72 Å². The first-order valence-corrected chi connectivity index (χ1v) is 10.3. The lowest BCUT2D eigenvalue weighted by Crippen LogP contribution is -2.25. The van der Waals surface area contributed by atoms with Crippen molar-refractivity contribution in [3.8, 4) is 11.3 Å². The second kappa shape index (κ2) is 7.49. The zero-order chi connectivity index (χ0) is 19.6. The SMILES string of the molecule is CCn1cc(S(=O)(=O)NCCc2cc3nc(-c4ccncc4)ccn3n2)cn1. The molecule has 9 nitrogen and oxygen atoms in total. The number of nitrogens with zero attached hydrogens (tertiary/aromatic N) is 6. The van der Waals surface area contributed by atoms with E-state index in [0.29, 0.717) is 18.6 Å². The third kappa shape index (κ3) is 3.78. The Morgan fingerprint density at radius 1 is 1.18 bits per heavy atom. The highest BCUT2D eigenvalue weighted by Crippen LogP contribution is 2.17. The van der Waals surface area contributed by atoms with E-state index in [4.69, 9.17) is 0 Å². The van der Waals surface area contributed by atoms with Gasteiger partial charge in [0.05, 0.1) is 17.6 Å². The molecule has 4 aromatic rings. The van der Waals surface area contributed by atoms with Gasteiger partial charge < -0.3 is 0 Å². The van der Waals surface area contributed by atoms with E-state index >= 15 is 0 Å². The third-order valence-electron chi connectivity index (χ3n) is 4.27. The number of pyridine rings is 1. The van der Waals surface area contributed by atoms with Gasteiger partial charge in [-0.3, -0.25) is 9.67 Å². The normalized spacial score (nSPS) is 11.9. The van der Waals surface area contributed by atoms with Crippen molar-refractivity contribution >= 4 is 15.7 Å². The minimum absolute atomic E-state index is 0.160. The van der Waals surface area contributed by atoms with Crippen LogP contribution in [0.2, 0.25) is 0 Å². The van der Waals surface area contributed by atoms with Crippen LogP contribution in [0.15, 0.2) is 60.1 Å². The Morgan fingerprint density at radius 2 is 2.00 bits per heavy atom. The number of sulfonamides is 1. The van der Waals surface area contributed by atoms with Gasteiger partial charge in [0.1, 0.15) is 4.90 Å². The van der Waals surface area contributed by atoms with Crippen molar-refractivity contribution in [2.45, 2.75) is 24.8 Å². The average Bonchev–Trinajstić information content (AvgIpc) is 3.35. The first-order chi connectivity index (χ1) is 13.5. The molecule has 0 aliphatic carbocycles. The van der Waals surface area contributed by atoms with E-state index in [2.05, 4.69) is 24.9 Å². The molecule has 4 rings (SSSR count). The summed E-state index contributed by atoms with van der Waals surface area (Å²) in [5.41, 5.74) is 3.26. The summed E-state index contributed by atoms with van der Waals surface area (Å²) in [5.74, 6) is 0. The second-order valence-corrected chi connectivity index (χ2v) is 7.93. The summed E-state index contributed by atoms with van der Waals surface area (Å²) in [6.07, 6.45) is 8.60. The number of aromatic nitrogens is 6. The third-order valence-corrected chi connectivity index (χ3v) is 5.68. The summed E-state index contributed by atoms with van der Waals surface area (Å²) >= 11 is 0. The van der Waals surface area contributed by atoms with Crippen molar-refractivity contribution in [3.05, 3.63) is 60.9 Å². The van der Waals surface area contributed by atoms with Gasteiger partial charge in [0.15, 0.2) is 5.65 Å². The van der Waals surface area contributed by atoms with Gasteiger partial charge in [0.25, 0.3) is 0 Å². The summed E-state index contributed by atoms with van der Waals surface area (Å²) in [5, 5.41) is 8.45. The molecule has 1 N–H and O–H groups in total. The summed E-state index contributed by atoms with van der Waals surface area (Å²) in [6.45, 7) is 2.75. The summed E-state index contributed by atoms with van der Waals surface area (Å²) in [4.78, 5) is 8.78. The average molecular weight is 397 g/mol. The smallest absolute Gasteiger partial charge is 0.243 e. The Kier molecular flexibility index (Phi) is 4.88. The Balaban J connectivity index is 1.45. The zero-order valence-corrected chi connectivity index (χ0v) is 16.0. The van der Waals surface area contributed by atoms with Gasteiger partial charge >= 0.3 is 0 Å². The van der Waals surface area contributed by atoms with E-state index in [1.807, 2.05) is 37.4 Å². The van der Waals surface area contributed by atoms with Crippen molar-refractivity contribution in [2.24, 2.45) is 0 Å². The summed E-state index contributed by atoms with van der Waals surface area (Å²) in [6, 6.07) is 7.53. The number of nitrogens with one attached hydrogen (secondary N) is 1. The van der Waals surface area contributed by atoms with E-state index < -0.39 is 10.0 Å².